The Morgan fingerprint density at radius 3 is 2.12 bits per heavy atom. The molecule has 0 radical (unpaired) electrons. The molecule has 1 aliphatic carbocycles. The third-order valence-electron chi connectivity index (χ3n) is 5.89. The van der Waals surface area contributed by atoms with Gasteiger partial charge in [0.15, 0.2) is 0 Å². The molecule has 0 saturated heterocycles. The highest BCUT2D eigenvalue weighted by Crippen LogP contribution is 2.46. The highest BCUT2D eigenvalue weighted by Gasteiger charge is 2.37. The summed E-state index contributed by atoms with van der Waals surface area (Å²) in [5.41, 5.74) is 5.98. The minimum absolute atomic E-state index is 0.165. The van der Waals surface area contributed by atoms with Gasteiger partial charge in [-0.25, -0.2) is 0 Å². The Kier molecular flexibility index (Phi) is 4.57. The molecule has 2 aromatic rings. The lowest BCUT2D eigenvalue weighted by atomic mass is 9.62. The normalized spacial score (nSPS) is 19.5. The maximum Gasteiger partial charge on any atom is 0.0502 e. The van der Waals surface area contributed by atoms with Gasteiger partial charge in [-0.05, 0) is 52.3 Å². The summed E-state index contributed by atoms with van der Waals surface area (Å²) >= 11 is 0. The van der Waals surface area contributed by atoms with Crippen LogP contribution >= 0.6 is 0 Å². The van der Waals surface area contributed by atoms with Gasteiger partial charge in [0.25, 0.3) is 0 Å². The summed E-state index contributed by atoms with van der Waals surface area (Å²) in [5, 5.41) is 9.98. The summed E-state index contributed by atoms with van der Waals surface area (Å²) in [4.78, 5) is 0. The molecule has 0 amide bonds. The predicted octanol–water partition coefficient (Wildman–Crippen LogP) is 5.35. The van der Waals surface area contributed by atoms with Crippen molar-refractivity contribution in [3.63, 3.8) is 0 Å². The molecule has 1 nitrogen and oxygen atoms in total. The molecular weight excluding hydrogens is 292 g/mol. The van der Waals surface area contributed by atoms with E-state index >= 15 is 0 Å². The molecule has 0 saturated carbocycles. The molecular formula is C23H30O. The van der Waals surface area contributed by atoms with E-state index < -0.39 is 0 Å². The van der Waals surface area contributed by atoms with Crippen LogP contribution in [-0.2, 0) is 17.3 Å². The average molecular weight is 322 g/mol. The first-order valence-corrected chi connectivity index (χ1v) is 9.13. The number of hydrogen-bond donors (Lipinski definition) is 1. The lowest BCUT2D eigenvalue weighted by Crippen LogP contribution is -2.34. The fourth-order valence-corrected chi connectivity index (χ4v) is 4.05. The molecule has 3 rings (SSSR count). The van der Waals surface area contributed by atoms with E-state index in [0.717, 1.165) is 6.42 Å². The zero-order valence-electron chi connectivity index (χ0n) is 15.5. The van der Waals surface area contributed by atoms with Crippen molar-refractivity contribution in [2.75, 3.05) is 6.61 Å². The van der Waals surface area contributed by atoms with Crippen molar-refractivity contribution in [3.05, 3.63) is 70.8 Å². The van der Waals surface area contributed by atoms with Crippen LogP contribution in [-0.4, -0.2) is 11.7 Å². The predicted molar refractivity (Wildman–Crippen MR) is 102 cm³/mol. The molecule has 0 spiro atoms. The second-order valence-electron chi connectivity index (χ2n) is 8.64. The van der Waals surface area contributed by atoms with Crippen molar-refractivity contribution < 1.29 is 5.11 Å². The van der Waals surface area contributed by atoms with Crippen LogP contribution in [0.2, 0.25) is 0 Å². The minimum Gasteiger partial charge on any atom is -0.396 e. The molecule has 1 unspecified atom stereocenters. The summed E-state index contributed by atoms with van der Waals surface area (Å²) in [6.45, 7) is 9.62. The molecule has 0 aromatic heterocycles. The molecule has 1 heteroatoms. The van der Waals surface area contributed by atoms with E-state index in [2.05, 4.69) is 70.2 Å². The smallest absolute Gasteiger partial charge is 0.0502 e. The molecule has 2 aromatic carbocycles. The number of hydrogen-bond acceptors (Lipinski definition) is 1. The van der Waals surface area contributed by atoms with Gasteiger partial charge in [-0.3, -0.25) is 0 Å². The van der Waals surface area contributed by atoms with Gasteiger partial charge in [0.2, 0.25) is 0 Å². The molecule has 0 aliphatic heterocycles. The second-order valence-corrected chi connectivity index (χ2v) is 8.64. The topological polar surface area (TPSA) is 20.2 Å². The number of rotatable bonds is 4. The number of aliphatic hydroxyl groups is 1. The summed E-state index contributed by atoms with van der Waals surface area (Å²) in [7, 11) is 0. The monoisotopic (exact) mass is 322 g/mol. The Balaban J connectivity index is 1.97. The summed E-state index contributed by atoms with van der Waals surface area (Å²) in [5.74, 6) is 0.165. The van der Waals surface area contributed by atoms with E-state index in [-0.39, 0.29) is 23.4 Å². The fourth-order valence-electron chi connectivity index (χ4n) is 4.05. The molecule has 128 valence electrons. The molecule has 0 fully saturated rings. The van der Waals surface area contributed by atoms with Gasteiger partial charge in [-0.2, -0.15) is 0 Å². The van der Waals surface area contributed by atoms with Crippen molar-refractivity contribution in [1.82, 2.24) is 0 Å². The van der Waals surface area contributed by atoms with Crippen LogP contribution < -0.4 is 0 Å². The van der Waals surface area contributed by atoms with Crippen LogP contribution in [0.5, 0.6) is 0 Å². The Morgan fingerprint density at radius 1 is 0.875 bits per heavy atom. The molecule has 24 heavy (non-hydrogen) atoms. The van der Waals surface area contributed by atoms with Crippen LogP contribution in [0.25, 0.3) is 0 Å². The van der Waals surface area contributed by atoms with Crippen molar-refractivity contribution in [2.24, 2.45) is 0 Å². The number of fused-ring (bicyclic) bond motifs is 1. The summed E-state index contributed by atoms with van der Waals surface area (Å²) in [6, 6.07) is 17.4. The van der Waals surface area contributed by atoms with Crippen LogP contribution in [0.3, 0.4) is 0 Å². The second kappa shape index (κ2) is 6.37. The molecule has 1 aliphatic rings. The lowest BCUT2D eigenvalue weighted by Gasteiger charge is -2.42. The fraction of sp³-hybridized carbons (Fsp3) is 0.478. The van der Waals surface area contributed by atoms with Gasteiger partial charge in [0.05, 0.1) is 6.61 Å². The minimum atomic E-state index is 0.165. The standard InChI is InChI=1S/C23H30O/c1-22(2)12-13-23(3,4)21-15-18(10-11-20(21)22)19(16-24)14-17-8-6-5-7-9-17/h5-11,15,19,24H,12-14,16H2,1-4H3. The van der Waals surface area contributed by atoms with Crippen molar-refractivity contribution >= 4 is 0 Å². The quantitative estimate of drug-likeness (QED) is 0.804. The van der Waals surface area contributed by atoms with Crippen molar-refractivity contribution in [1.29, 1.82) is 0 Å². The molecule has 1 atom stereocenters. The van der Waals surface area contributed by atoms with E-state index in [1.165, 1.54) is 35.1 Å². The van der Waals surface area contributed by atoms with E-state index in [4.69, 9.17) is 0 Å². The summed E-state index contributed by atoms with van der Waals surface area (Å²) < 4.78 is 0. The van der Waals surface area contributed by atoms with Crippen LogP contribution in [0.4, 0.5) is 0 Å². The van der Waals surface area contributed by atoms with E-state index in [9.17, 15) is 5.11 Å². The van der Waals surface area contributed by atoms with Crippen LogP contribution in [0.15, 0.2) is 48.5 Å². The zero-order valence-corrected chi connectivity index (χ0v) is 15.5. The lowest BCUT2D eigenvalue weighted by molar-refractivity contribution is 0.264. The van der Waals surface area contributed by atoms with E-state index in [0.29, 0.717) is 0 Å². The number of aliphatic hydroxyl groups excluding tert-OH is 1. The first-order valence-electron chi connectivity index (χ1n) is 9.13. The maximum absolute atomic E-state index is 9.98. The van der Waals surface area contributed by atoms with E-state index in [1.54, 1.807) is 0 Å². The summed E-state index contributed by atoms with van der Waals surface area (Å²) in [6.07, 6.45) is 3.35. The SMILES string of the molecule is CC1(C)CCC(C)(C)c2cc(C(CO)Cc3ccccc3)ccc21. The molecule has 0 heterocycles. The van der Waals surface area contributed by atoms with Crippen LogP contribution in [0, 0.1) is 0 Å². The van der Waals surface area contributed by atoms with E-state index in [1.807, 2.05) is 6.07 Å². The Hall–Kier alpha value is -1.60. The third kappa shape index (κ3) is 3.28. The van der Waals surface area contributed by atoms with Crippen molar-refractivity contribution in [3.8, 4) is 0 Å². The molecule has 1 N–H and O–H groups in total. The Morgan fingerprint density at radius 2 is 1.50 bits per heavy atom. The average Bonchev–Trinajstić information content (AvgIpc) is 2.57. The maximum atomic E-state index is 9.98. The molecule has 0 bridgehead atoms. The Labute approximate surface area is 146 Å². The van der Waals surface area contributed by atoms with Gasteiger partial charge in [-0.15, -0.1) is 0 Å². The first-order chi connectivity index (χ1) is 11.3. The number of benzene rings is 2. The highest BCUT2D eigenvalue weighted by atomic mass is 16.3. The third-order valence-corrected chi connectivity index (χ3v) is 5.89. The van der Waals surface area contributed by atoms with Crippen LogP contribution in [0.1, 0.15) is 68.7 Å². The van der Waals surface area contributed by atoms with Gasteiger partial charge >= 0.3 is 0 Å². The Bertz CT molecular complexity index is 697. The largest absolute Gasteiger partial charge is 0.396 e. The first kappa shape index (κ1) is 17.2. The highest BCUT2D eigenvalue weighted by molar-refractivity contribution is 5.44. The van der Waals surface area contributed by atoms with Gasteiger partial charge in [0.1, 0.15) is 0 Å². The zero-order chi connectivity index (χ0) is 17.4. The van der Waals surface area contributed by atoms with Crippen molar-refractivity contribution in [2.45, 2.75) is 63.7 Å². The van der Waals surface area contributed by atoms with Gasteiger partial charge in [-0.1, -0.05) is 76.2 Å². The van der Waals surface area contributed by atoms with Gasteiger partial charge < -0.3 is 5.11 Å². The van der Waals surface area contributed by atoms with Gasteiger partial charge in [0, 0.05) is 5.92 Å².